The van der Waals surface area contributed by atoms with Crippen molar-refractivity contribution in [3.63, 3.8) is 0 Å². The lowest BCUT2D eigenvalue weighted by Crippen LogP contribution is -2.29. The first-order valence-electron chi connectivity index (χ1n) is 8.13. The summed E-state index contributed by atoms with van der Waals surface area (Å²) in [6.45, 7) is 1.56. The van der Waals surface area contributed by atoms with Crippen LogP contribution in [0.2, 0.25) is 0 Å². The minimum atomic E-state index is -0.313. The molecule has 0 atom stereocenters. The maximum atomic E-state index is 12.5. The second-order valence-corrected chi connectivity index (χ2v) is 6.17. The Morgan fingerprint density at radius 2 is 1.60 bits per heavy atom. The first-order chi connectivity index (χ1) is 12.0. The highest BCUT2D eigenvalue weighted by atomic mass is 16.2. The fourth-order valence-electron chi connectivity index (χ4n) is 3.06. The molecule has 2 aromatic rings. The third-order valence-electron chi connectivity index (χ3n) is 4.34. The molecule has 0 spiro atoms. The van der Waals surface area contributed by atoms with E-state index in [0.29, 0.717) is 29.2 Å². The molecule has 0 radical (unpaired) electrons. The molecule has 1 aliphatic rings. The molecule has 2 N–H and O–H groups in total. The van der Waals surface area contributed by atoms with Gasteiger partial charge in [-0.1, -0.05) is 0 Å². The average molecular weight is 343 g/mol. The minimum absolute atomic E-state index is 0.0168. The van der Waals surface area contributed by atoms with Gasteiger partial charge in [0.15, 0.2) is 0 Å². The number of amides is 3. The first-order valence-corrected chi connectivity index (χ1v) is 8.13. The van der Waals surface area contributed by atoms with Gasteiger partial charge in [0, 0.05) is 39.6 Å². The second kappa shape index (κ2) is 6.84. The first kappa shape index (κ1) is 16.8. The number of hydrogen-bond donors (Lipinski definition) is 2. The number of likely N-dealkylation sites (tertiary alicyclic amines) is 1. The maximum absolute atomic E-state index is 12.5. The van der Waals surface area contributed by atoms with Gasteiger partial charge in [0.2, 0.25) is 6.41 Å². The Morgan fingerprint density at radius 3 is 2.28 bits per heavy atom. The van der Waals surface area contributed by atoms with Gasteiger partial charge >= 0.3 is 0 Å². The predicted octanol–water partition coefficient (Wildman–Crippen LogP) is 1.42. The van der Waals surface area contributed by atoms with Crippen molar-refractivity contribution in [2.75, 3.05) is 23.7 Å². The van der Waals surface area contributed by atoms with E-state index in [2.05, 4.69) is 10.6 Å². The van der Waals surface area contributed by atoms with Crippen LogP contribution in [0.25, 0.3) is 0 Å². The maximum Gasteiger partial charge on any atom is 0.272 e. The molecule has 25 heavy (non-hydrogen) atoms. The van der Waals surface area contributed by atoms with E-state index in [1.807, 2.05) is 4.90 Å². The Bertz CT molecular complexity index is 814. The van der Waals surface area contributed by atoms with Crippen LogP contribution in [-0.2, 0) is 18.9 Å². The summed E-state index contributed by atoms with van der Waals surface area (Å²) < 4.78 is 3.35. The van der Waals surface area contributed by atoms with Crippen LogP contribution in [0.15, 0.2) is 24.5 Å². The number of rotatable bonds is 5. The molecule has 0 aliphatic carbocycles. The highest BCUT2D eigenvalue weighted by molar-refractivity contribution is 6.05. The van der Waals surface area contributed by atoms with Crippen molar-refractivity contribution < 1.29 is 14.4 Å². The molecule has 0 saturated carbocycles. The highest BCUT2D eigenvalue weighted by Gasteiger charge is 2.22. The van der Waals surface area contributed by atoms with Crippen LogP contribution in [0.1, 0.15) is 33.8 Å². The summed E-state index contributed by atoms with van der Waals surface area (Å²) in [6, 6.07) is 3.27. The fourth-order valence-corrected chi connectivity index (χ4v) is 3.06. The molecular formula is C17H21N5O3. The summed E-state index contributed by atoms with van der Waals surface area (Å²) >= 11 is 0. The van der Waals surface area contributed by atoms with Crippen molar-refractivity contribution in [3.8, 4) is 0 Å². The van der Waals surface area contributed by atoms with Crippen molar-refractivity contribution in [2.24, 2.45) is 14.1 Å². The topological polar surface area (TPSA) is 88.4 Å². The van der Waals surface area contributed by atoms with Gasteiger partial charge in [-0.2, -0.15) is 0 Å². The molecule has 2 aromatic heterocycles. The van der Waals surface area contributed by atoms with Gasteiger partial charge < -0.3 is 24.7 Å². The van der Waals surface area contributed by atoms with Crippen molar-refractivity contribution in [3.05, 3.63) is 35.9 Å². The summed E-state index contributed by atoms with van der Waals surface area (Å²) in [4.78, 5) is 37.3. The molecule has 8 nitrogen and oxygen atoms in total. The second-order valence-electron chi connectivity index (χ2n) is 6.17. The molecule has 0 bridgehead atoms. The van der Waals surface area contributed by atoms with E-state index in [1.54, 1.807) is 47.8 Å². The summed E-state index contributed by atoms with van der Waals surface area (Å²) in [5.74, 6) is -0.330. The zero-order valence-corrected chi connectivity index (χ0v) is 14.3. The van der Waals surface area contributed by atoms with Crippen LogP contribution >= 0.6 is 0 Å². The monoisotopic (exact) mass is 343 g/mol. The molecule has 0 aromatic carbocycles. The lowest BCUT2D eigenvalue weighted by molar-refractivity contribution is -0.105. The van der Waals surface area contributed by atoms with E-state index in [0.717, 1.165) is 25.9 Å². The van der Waals surface area contributed by atoms with E-state index >= 15 is 0 Å². The van der Waals surface area contributed by atoms with E-state index < -0.39 is 0 Å². The van der Waals surface area contributed by atoms with Gasteiger partial charge in [-0.05, 0) is 25.0 Å². The number of aromatic nitrogens is 2. The summed E-state index contributed by atoms with van der Waals surface area (Å²) in [5.41, 5.74) is 2.05. The Kier molecular flexibility index (Phi) is 4.60. The minimum Gasteiger partial charge on any atom is -0.344 e. The van der Waals surface area contributed by atoms with Crippen LogP contribution in [-0.4, -0.2) is 45.3 Å². The number of hydrogen-bond acceptors (Lipinski definition) is 3. The molecule has 1 aliphatic heterocycles. The quantitative estimate of drug-likeness (QED) is 0.805. The van der Waals surface area contributed by atoms with E-state index in [1.165, 1.54) is 0 Å². The Labute approximate surface area is 145 Å². The van der Waals surface area contributed by atoms with Crippen LogP contribution in [0.4, 0.5) is 11.4 Å². The molecule has 8 heteroatoms. The number of carbonyl (C=O) groups excluding carboxylic acids is 3. The molecule has 132 valence electrons. The summed E-state index contributed by atoms with van der Waals surface area (Å²) in [6.07, 6.45) is 5.99. The summed E-state index contributed by atoms with van der Waals surface area (Å²) in [5, 5.41) is 5.30. The number of aryl methyl sites for hydroxylation is 2. The molecular weight excluding hydrogens is 322 g/mol. The lowest BCUT2D eigenvalue weighted by Gasteiger charge is -2.15. The smallest absolute Gasteiger partial charge is 0.272 e. The van der Waals surface area contributed by atoms with Gasteiger partial charge in [-0.25, -0.2) is 0 Å². The number of anilines is 2. The van der Waals surface area contributed by atoms with Crippen molar-refractivity contribution >= 4 is 29.6 Å². The van der Waals surface area contributed by atoms with Crippen LogP contribution < -0.4 is 10.6 Å². The number of carbonyl (C=O) groups is 3. The molecule has 3 heterocycles. The zero-order valence-electron chi connectivity index (χ0n) is 14.3. The van der Waals surface area contributed by atoms with E-state index in [4.69, 9.17) is 0 Å². The number of nitrogens with one attached hydrogen (secondary N) is 2. The Hall–Kier alpha value is -3.03. The SMILES string of the molecule is Cn1cc(NC=O)cc1C(=O)Nc1cc(C(=O)N2CCCC2)n(C)c1. The molecule has 1 fully saturated rings. The predicted molar refractivity (Wildman–Crippen MR) is 93.6 cm³/mol. The van der Waals surface area contributed by atoms with Gasteiger partial charge in [0.25, 0.3) is 11.8 Å². The van der Waals surface area contributed by atoms with Crippen LogP contribution in [0.3, 0.4) is 0 Å². The van der Waals surface area contributed by atoms with Gasteiger partial charge in [-0.3, -0.25) is 14.4 Å². The lowest BCUT2D eigenvalue weighted by atomic mass is 10.3. The highest BCUT2D eigenvalue weighted by Crippen LogP contribution is 2.19. The Morgan fingerprint density at radius 1 is 1.00 bits per heavy atom. The molecule has 0 unspecified atom stereocenters. The fraction of sp³-hybridized carbons (Fsp3) is 0.353. The van der Waals surface area contributed by atoms with E-state index in [9.17, 15) is 14.4 Å². The standard InChI is InChI=1S/C17H21N5O3/c1-20-9-12(18-11-23)7-14(20)16(24)19-13-8-15(21(2)10-13)17(25)22-5-3-4-6-22/h7-11H,3-6H2,1-2H3,(H,18,23)(H,19,24). The number of nitrogens with zero attached hydrogens (tertiary/aromatic N) is 3. The normalized spacial score (nSPS) is 13.8. The van der Waals surface area contributed by atoms with Crippen molar-refractivity contribution in [1.82, 2.24) is 14.0 Å². The van der Waals surface area contributed by atoms with Gasteiger partial charge in [-0.15, -0.1) is 0 Å². The van der Waals surface area contributed by atoms with Gasteiger partial charge in [0.1, 0.15) is 11.4 Å². The molecule has 3 amide bonds. The average Bonchev–Trinajstić information content (AvgIpc) is 3.28. The summed E-state index contributed by atoms with van der Waals surface area (Å²) in [7, 11) is 3.51. The third-order valence-corrected chi connectivity index (χ3v) is 4.34. The largest absolute Gasteiger partial charge is 0.344 e. The van der Waals surface area contributed by atoms with Crippen LogP contribution in [0.5, 0.6) is 0 Å². The molecule has 3 rings (SSSR count). The third kappa shape index (κ3) is 3.42. The van der Waals surface area contributed by atoms with Crippen LogP contribution in [0, 0.1) is 0 Å². The Balaban J connectivity index is 1.75. The van der Waals surface area contributed by atoms with Crippen molar-refractivity contribution in [2.45, 2.75) is 12.8 Å². The van der Waals surface area contributed by atoms with Gasteiger partial charge in [0.05, 0.1) is 11.4 Å². The molecule has 1 saturated heterocycles. The van der Waals surface area contributed by atoms with E-state index in [-0.39, 0.29) is 11.8 Å². The zero-order chi connectivity index (χ0) is 18.0. The van der Waals surface area contributed by atoms with Crippen molar-refractivity contribution in [1.29, 1.82) is 0 Å².